The molecule has 0 fully saturated rings. The minimum atomic E-state index is -0.0318. The van der Waals surface area contributed by atoms with Gasteiger partial charge in [-0.2, -0.15) is 0 Å². The number of benzene rings is 1. The molecule has 0 saturated carbocycles. The van der Waals surface area contributed by atoms with Gasteiger partial charge < -0.3 is 10.5 Å². The van der Waals surface area contributed by atoms with E-state index < -0.39 is 0 Å². The van der Waals surface area contributed by atoms with Gasteiger partial charge >= 0.3 is 0 Å². The Hall–Kier alpha value is -1.62. The number of methoxy groups -OCH3 is 1. The van der Waals surface area contributed by atoms with Crippen LogP contribution >= 0.6 is 11.6 Å². The number of nitrogens with two attached hydrogens (primary N) is 1. The zero-order valence-electron chi connectivity index (χ0n) is 12.3. The van der Waals surface area contributed by atoms with Gasteiger partial charge in [-0.05, 0) is 31.3 Å². The fourth-order valence-corrected chi connectivity index (χ4v) is 2.69. The van der Waals surface area contributed by atoms with Crippen LogP contribution in [0.1, 0.15) is 17.3 Å². The summed E-state index contributed by atoms with van der Waals surface area (Å²) in [6.07, 6.45) is 1.79. The third kappa shape index (κ3) is 3.73. The molecule has 2 aromatic rings. The van der Waals surface area contributed by atoms with Crippen molar-refractivity contribution < 1.29 is 4.74 Å². The van der Waals surface area contributed by atoms with E-state index in [-0.39, 0.29) is 6.04 Å². The lowest BCUT2D eigenvalue weighted by Gasteiger charge is -2.29. The Bertz CT molecular complexity index is 577. The SMILES string of the molecule is COc1cccc(Cl)c1C(CN)N(C)Cc1ccccn1. The minimum Gasteiger partial charge on any atom is -0.496 e. The van der Waals surface area contributed by atoms with E-state index in [1.165, 1.54) is 0 Å². The van der Waals surface area contributed by atoms with Crippen molar-refractivity contribution >= 4 is 11.6 Å². The standard InChI is InChI=1S/C16H20ClN3O/c1-20(11-12-6-3-4-9-19-12)14(10-18)16-13(17)7-5-8-15(16)21-2/h3-9,14H,10-11,18H2,1-2H3. The molecule has 1 atom stereocenters. The lowest BCUT2D eigenvalue weighted by molar-refractivity contribution is 0.233. The predicted octanol–water partition coefficient (Wildman–Crippen LogP) is 2.88. The Balaban J connectivity index is 2.27. The summed E-state index contributed by atoms with van der Waals surface area (Å²) < 4.78 is 5.43. The molecular formula is C16H20ClN3O. The number of hydrogen-bond acceptors (Lipinski definition) is 4. The Kier molecular flexibility index (Phi) is 5.56. The van der Waals surface area contributed by atoms with Gasteiger partial charge in [-0.1, -0.05) is 23.7 Å². The molecule has 0 amide bonds. The monoisotopic (exact) mass is 305 g/mol. The van der Waals surface area contributed by atoms with Crippen molar-refractivity contribution in [1.29, 1.82) is 0 Å². The van der Waals surface area contributed by atoms with Crippen molar-refractivity contribution in [2.45, 2.75) is 12.6 Å². The summed E-state index contributed by atoms with van der Waals surface area (Å²) in [5.41, 5.74) is 7.88. The van der Waals surface area contributed by atoms with Crippen LogP contribution in [-0.2, 0) is 6.54 Å². The van der Waals surface area contributed by atoms with E-state index >= 15 is 0 Å². The predicted molar refractivity (Wildman–Crippen MR) is 85.5 cm³/mol. The largest absolute Gasteiger partial charge is 0.496 e. The maximum absolute atomic E-state index is 6.35. The van der Waals surface area contributed by atoms with E-state index in [9.17, 15) is 0 Å². The smallest absolute Gasteiger partial charge is 0.125 e. The Morgan fingerprint density at radius 1 is 1.29 bits per heavy atom. The lowest BCUT2D eigenvalue weighted by Crippen LogP contribution is -2.31. The summed E-state index contributed by atoms with van der Waals surface area (Å²) in [6, 6.07) is 11.5. The van der Waals surface area contributed by atoms with Crippen LogP contribution in [0, 0.1) is 0 Å². The van der Waals surface area contributed by atoms with E-state index in [1.807, 2.05) is 43.4 Å². The number of pyridine rings is 1. The van der Waals surface area contributed by atoms with E-state index in [0.717, 1.165) is 17.0 Å². The van der Waals surface area contributed by atoms with Gasteiger partial charge in [0.1, 0.15) is 5.75 Å². The topological polar surface area (TPSA) is 51.4 Å². The van der Waals surface area contributed by atoms with Crippen LogP contribution in [0.5, 0.6) is 5.75 Å². The van der Waals surface area contributed by atoms with Crippen molar-refractivity contribution in [3.63, 3.8) is 0 Å². The molecule has 0 aliphatic heterocycles. The summed E-state index contributed by atoms with van der Waals surface area (Å²) >= 11 is 6.35. The van der Waals surface area contributed by atoms with E-state index in [4.69, 9.17) is 22.1 Å². The van der Waals surface area contributed by atoms with Crippen LogP contribution in [0.3, 0.4) is 0 Å². The number of rotatable bonds is 6. The summed E-state index contributed by atoms with van der Waals surface area (Å²) in [5.74, 6) is 0.755. The number of halogens is 1. The molecule has 2 N–H and O–H groups in total. The maximum atomic E-state index is 6.35. The first kappa shape index (κ1) is 15.8. The minimum absolute atomic E-state index is 0.0318. The van der Waals surface area contributed by atoms with Crippen LogP contribution < -0.4 is 10.5 Å². The molecule has 0 spiro atoms. The van der Waals surface area contributed by atoms with E-state index in [1.54, 1.807) is 13.3 Å². The van der Waals surface area contributed by atoms with E-state index in [2.05, 4.69) is 9.88 Å². The van der Waals surface area contributed by atoms with Gasteiger partial charge in [0.05, 0.1) is 18.8 Å². The second-order valence-electron chi connectivity index (χ2n) is 4.84. The zero-order valence-corrected chi connectivity index (χ0v) is 13.0. The second kappa shape index (κ2) is 7.41. The average Bonchev–Trinajstić information content (AvgIpc) is 2.50. The van der Waals surface area contributed by atoms with Crippen LogP contribution in [0.2, 0.25) is 5.02 Å². The molecule has 0 bridgehead atoms. The molecule has 5 heteroatoms. The number of nitrogens with zero attached hydrogens (tertiary/aromatic N) is 2. The molecule has 0 aliphatic carbocycles. The van der Waals surface area contributed by atoms with Crippen molar-refractivity contribution in [3.05, 3.63) is 58.9 Å². The molecule has 1 aromatic carbocycles. The zero-order chi connectivity index (χ0) is 15.2. The average molecular weight is 306 g/mol. The van der Waals surface area contributed by atoms with Crippen molar-refractivity contribution in [2.75, 3.05) is 20.7 Å². The highest BCUT2D eigenvalue weighted by Gasteiger charge is 2.22. The van der Waals surface area contributed by atoms with Crippen LogP contribution in [0.25, 0.3) is 0 Å². The third-order valence-electron chi connectivity index (χ3n) is 3.46. The summed E-state index contributed by atoms with van der Waals surface area (Å²) in [7, 11) is 3.65. The van der Waals surface area contributed by atoms with Crippen LogP contribution in [-0.4, -0.2) is 30.6 Å². The maximum Gasteiger partial charge on any atom is 0.125 e. The summed E-state index contributed by atoms with van der Waals surface area (Å²) in [6.45, 7) is 1.14. The fraction of sp³-hybridized carbons (Fsp3) is 0.312. The Morgan fingerprint density at radius 3 is 2.71 bits per heavy atom. The molecule has 1 unspecified atom stereocenters. The quantitative estimate of drug-likeness (QED) is 0.891. The number of hydrogen-bond donors (Lipinski definition) is 1. The molecule has 0 radical (unpaired) electrons. The van der Waals surface area contributed by atoms with Gasteiger partial charge in [-0.3, -0.25) is 9.88 Å². The molecule has 1 aromatic heterocycles. The second-order valence-corrected chi connectivity index (χ2v) is 5.25. The first-order chi connectivity index (χ1) is 10.2. The van der Waals surface area contributed by atoms with Gasteiger partial charge in [-0.15, -0.1) is 0 Å². The van der Waals surface area contributed by atoms with Crippen molar-refractivity contribution in [1.82, 2.24) is 9.88 Å². The third-order valence-corrected chi connectivity index (χ3v) is 3.79. The summed E-state index contributed by atoms with van der Waals surface area (Å²) in [4.78, 5) is 6.48. The van der Waals surface area contributed by atoms with Gasteiger partial charge in [0.25, 0.3) is 0 Å². The normalized spacial score (nSPS) is 12.4. The number of aromatic nitrogens is 1. The fourth-order valence-electron chi connectivity index (χ4n) is 2.39. The molecule has 0 saturated heterocycles. The molecule has 21 heavy (non-hydrogen) atoms. The highest BCUT2D eigenvalue weighted by atomic mass is 35.5. The van der Waals surface area contributed by atoms with Gasteiger partial charge in [0, 0.05) is 29.9 Å². The molecule has 0 aliphatic rings. The van der Waals surface area contributed by atoms with Crippen LogP contribution in [0.15, 0.2) is 42.6 Å². The van der Waals surface area contributed by atoms with Gasteiger partial charge in [-0.25, -0.2) is 0 Å². The Labute approximate surface area is 130 Å². The first-order valence-corrected chi connectivity index (χ1v) is 7.17. The lowest BCUT2D eigenvalue weighted by atomic mass is 10.0. The molecule has 112 valence electrons. The molecule has 1 heterocycles. The van der Waals surface area contributed by atoms with E-state index in [0.29, 0.717) is 18.1 Å². The number of likely N-dealkylation sites (N-methyl/N-ethyl adjacent to an activating group) is 1. The number of ether oxygens (including phenoxy) is 1. The Morgan fingerprint density at radius 2 is 2.10 bits per heavy atom. The van der Waals surface area contributed by atoms with Gasteiger partial charge in [0.15, 0.2) is 0 Å². The van der Waals surface area contributed by atoms with Crippen molar-refractivity contribution in [2.24, 2.45) is 5.73 Å². The molecule has 4 nitrogen and oxygen atoms in total. The molecular weight excluding hydrogens is 286 g/mol. The van der Waals surface area contributed by atoms with Gasteiger partial charge in [0.2, 0.25) is 0 Å². The molecule has 2 rings (SSSR count). The van der Waals surface area contributed by atoms with Crippen molar-refractivity contribution in [3.8, 4) is 5.75 Å². The first-order valence-electron chi connectivity index (χ1n) is 6.80. The summed E-state index contributed by atoms with van der Waals surface area (Å²) in [5, 5.41) is 0.665. The highest BCUT2D eigenvalue weighted by Crippen LogP contribution is 2.34. The highest BCUT2D eigenvalue weighted by molar-refractivity contribution is 6.31. The van der Waals surface area contributed by atoms with Crippen LogP contribution in [0.4, 0.5) is 0 Å².